The largest absolute Gasteiger partial charge is 0.481 e. The molecular formula is C33H30F3N3O6. The van der Waals surface area contributed by atoms with Crippen LogP contribution in [0.2, 0.25) is 0 Å². The Bertz CT molecular complexity index is 1600. The van der Waals surface area contributed by atoms with Crippen molar-refractivity contribution < 1.29 is 42.2 Å². The lowest BCUT2D eigenvalue weighted by Gasteiger charge is -2.52. The number of hydrogen-bond donors (Lipinski definition) is 1. The van der Waals surface area contributed by atoms with Gasteiger partial charge in [-0.2, -0.15) is 13.2 Å². The van der Waals surface area contributed by atoms with Crippen molar-refractivity contribution in [1.82, 2.24) is 14.7 Å². The van der Waals surface area contributed by atoms with Gasteiger partial charge in [-0.25, -0.2) is 4.79 Å². The number of ether oxygens (including phenoxy) is 1. The number of nitrogens with zero attached hydrogens (tertiary/aromatic N) is 3. The fourth-order valence-electron chi connectivity index (χ4n) is 5.73. The van der Waals surface area contributed by atoms with Gasteiger partial charge in [0.15, 0.2) is 0 Å². The molecule has 0 spiro atoms. The lowest BCUT2D eigenvalue weighted by molar-refractivity contribution is -0.167. The van der Waals surface area contributed by atoms with E-state index in [2.05, 4.69) is 0 Å². The summed E-state index contributed by atoms with van der Waals surface area (Å²) in [5.41, 5.74) is 0.787. The third-order valence-corrected chi connectivity index (χ3v) is 7.87. The zero-order valence-electron chi connectivity index (χ0n) is 24.1. The molecule has 45 heavy (non-hydrogen) atoms. The van der Waals surface area contributed by atoms with Crippen molar-refractivity contribution in [3.8, 4) is 0 Å². The number of carboxylic acid groups (broad SMARTS) is 1. The molecule has 3 amide bonds. The van der Waals surface area contributed by atoms with Crippen LogP contribution in [0.4, 0.5) is 18.0 Å². The minimum Gasteiger partial charge on any atom is -0.481 e. The number of carboxylic acids is 1. The van der Waals surface area contributed by atoms with Gasteiger partial charge in [-0.1, -0.05) is 84.9 Å². The van der Waals surface area contributed by atoms with E-state index in [9.17, 15) is 37.5 Å². The zero-order chi connectivity index (χ0) is 32.3. The normalized spacial score (nSPS) is 20.6. The van der Waals surface area contributed by atoms with Crippen LogP contribution < -0.4 is 0 Å². The predicted octanol–water partition coefficient (Wildman–Crippen LogP) is 4.99. The summed E-state index contributed by atoms with van der Waals surface area (Å²) in [5.74, 6) is -2.78. The molecule has 0 aliphatic carbocycles. The van der Waals surface area contributed by atoms with Crippen LogP contribution in [0.25, 0.3) is 6.08 Å². The Kier molecular flexibility index (Phi) is 8.94. The smallest absolute Gasteiger partial charge is 0.416 e. The number of alkyl halides is 3. The summed E-state index contributed by atoms with van der Waals surface area (Å²) in [6.45, 7) is -0.262. The van der Waals surface area contributed by atoms with E-state index >= 15 is 0 Å². The van der Waals surface area contributed by atoms with E-state index in [4.69, 9.17) is 4.74 Å². The number of carbonyl (C=O) groups is 4. The van der Waals surface area contributed by atoms with Gasteiger partial charge in [-0.3, -0.25) is 19.3 Å². The predicted molar refractivity (Wildman–Crippen MR) is 156 cm³/mol. The highest BCUT2D eigenvalue weighted by atomic mass is 19.4. The second kappa shape index (κ2) is 12.8. The van der Waals surface area contributed by atoms with Crippen LogP contribution in [-0.4, -0.2) is 75.5 Å². The van der Waals surface area contributed by atoms with Crippen LogP contribution in [0, 0.1) is 0 Å². The fraction of sp³-hybridized carbons (Fsp3) is 0.273. The first-order valence-corrected chi connectivity index (χ1v) is 14.1. The van der Waals surface area contributed by atoms with Gasteiger partial charge in [0.1, 0.15) is 18.7 Å². The maximum absolute atomic E-state index is 13.9. The summed E-state index contributed by atoms with van der Waals surface area (Å²) >= 11 is 0. The van der Waals surface area contributed by atoms with Gasteiger partial charge in [0.25, 0.3) is 0 Å². The van der Waals surface area contributed by atoms with Crippen LogP contribution in [-0.2, 0) is 31.8 Å². The molecule has 2 aliphatic heterocycles. The second-order valence-electron chi connectivity index (χ2n) is 10.9. The number of β-lactam (4-membered cyclic amide) rings is 1. The van der Waals surface area contributed by atoms with Crippen LogP contribution in [0.15, 0.2) is 91.0 Å². The fourth-order valence-corrected chi connectivity index (χ4v) is 5.73. The molecule has 2 aliphatic rings. The van der Waals surface area contributed by atoms with E-state index in [0.717, 1.165) is 33.1 Å². The van der Waals surface area contributed by atoms with Gasteiger partial charge in [-0.05, 0) is 28.8 Å². The highest BCUT2D eigenvalue weighted by Gasteiger charge is 2.58. The van der Waals surface area contributed by atoms with Crippen molar-refractivity contribution in [1.29, 1.82) is 0 Å². The average Bonchev–Trinajstić information content (AvgIpc) is 3.39. The molecule has 0 saturated carbocycles. The number of rotatable bonds is 10. The Morgan fingerprint density at radius 3 is 2.33 bits per heavy atom. The lowest BCUT2D eigenvalue weighted by Crippen LogP contribution is -2.74. The Labute approximate surface area is 257 Å². The van der Waals surface area contributed by atoms with Crippen molar-refractivity contribution in [2.75, 3.05) is 13.7 Å². The molecule has 2 unspecified atom stereocenters. The van der Waals surface area contributed by atoms with E-state index in [1.807, 2.05) is 36.4 Å². The van der Waals surface area contributed by atoms with E-state index in [0.29, 0.717) is 0 Å². The summed E-state index contributed by atoms with van der Waals surface area (Å²) in [4.78, 5) is 56.2. The molecule has 1 N–H and O–H groups in total. The standard InChI is InChI=1S/C33H30F3N3O6/c1-37(19-22-11-8-14-24(17-22)33(34,35)36)30(42)26(18-28(40)41)38-25(16-15-21-9-4-2-5-10-21)29(31(38)43)39-27(20-45-32(39)44)23-12-6-3-7-13-23/h2-17,25-27,29H,18-20H2,1H3,(H,40,41)/b16-15+/t25?,26-,27-,29?/m1/s1. The average molecular weight is 622 g/mol. The number of halogens is 3. The lowest BCUT2D eigenvalue weighted by atomic mass is 9.87. The van der Waals surface area contributed by atoms with E-state index in [1.54, 1.807) is 36.4 Å². The molecule has 5 rings (SSSR count). The Morgan fingerprint density at radius 2 is 1.69 bits per heavy atom. The van der Waals surface area contributed by atoms with Gasteiger partial charge in [0.05, 0.1) is 24.1 Å². The molecule has 234 valence electrons. The maximum atomic E-state index is 13.9. The number of likely N-dealkylation sites (N-methyl/N-ethyl adjacent to an activating group) is 1. The third-order valence-electron chi connectivity index (χ3n) is 7.87. The highest BCUT2D eigenvalue weighted by Crippen LogP contribution is 2.39. The topological polar surface area (TPSA) is 107 Å². The molecule has 4 atom stereocenters. The highest BCUT2D eigenvalue weighted by molar-refractivity contribution is 5.99. The number of benzene rings is 3. The zero-order valence-corrected chi connectivity index (χ0v) is 24.1. The van der Waals surface area contributed by atoms with Crippen LogP contribution in [0.3, 0.4) is 0 Å². The molecule has 3 aromatic carbocycles. The molecular weight excluding hydrogens is 591 g/mol. The summed E-state index contributed by atoms with van der Waals surface area (Å²) in [6.07, 6.45) is -2.71. The van der Waals surface area contributed by atoms with Gasteiger partial charge in [-0.15, -0.1) is 0 Å². The molecule has 0 aromatic heterocycles. The van der Waals surface area contributed by atoms with Gasteiger partial charge < -0.3 is 19.6 Å². The Morgan fingerprint density at radius 1 is 1.02 bits per heavy atom. The number of likely N-dealkylation sites (tertiary alicyclic amines) is 1. The maximum Gasteiger partial charge on any atom is 0.416 e. The number of hydrogen-bond acceptors (Lipinski definition) is 5. The number of amides is 3. The van der Waals surface area contributed by atoms with Gasteiger partial charge >= 0.3 is 18.2 Å². The quantitative estimate of drug-likeness (QED) is 0.320. The van der Waals surface area contributed by atoms with Crippen molar-refractivity contribution in [2.24, 2.45) is 0 Å². The van der Waals surface area contributed by atoms with Crippen molar-refractivity contribution in [3.63, 3.8) is 0 Å². The van der Waals surface area contributed by atoms with Crippen LogP contribution in [0.5, 0.6) is 0 Å². The molecule has 2 heterocycles. The molecule has 3 aromatic rings. The third kappa shape index (κ3) is 6.69. The molecule has 12 heteroatoms. The second-order valence-corrected chi connectivity index (χ2v) is 10.9. The molecule has 9 nitrogen and oxygen atoms in total. The number of aliphatic carboxylic acids is 1. The molecule has 0 radical (unpaired) electrons. The molecule has 0 bridgehead atoms. The van der Waals surface area contributed by atoms with Gasteiger partial charge in [0, 0.05) is 13.6 Å². The summed E-state index contributed by atoms with van der Waals surface area (Å²) in [7, 11) is 1.33. The minimum absolute atomic E-state index is 0.00103. The number of cyclic esters (lactones) is 1. The van der Waals surface area contributed by atoms with Crippen molar-refractivity contribution in [2.45, 2.75) is 43.3 Å². The first kappa shape index (κ1) is 31.3. The summed E-state index contributed by atoms with van der Waals surface area (Å²) < 4.78 is 45.2. The first-order valence-electron chi connectivity index (χ1n) is 14.1. The summed E-state index contributed by atoms with van der Waals surface area (Å²) in [5, 5.41) is 9.75. The van der Waals surface area contributed by atoms with Crippen molar-refractivity contribution >= 4 is 30.0 Å². The van der Waals surface area contributed by atoms with Crippen LogP contribution in [0.1, 0.15) is 34.7 Å². The van der Waals surface area contributed by atoms with Crippen LogP contribution >= 0.6 is 0 Å². The summed E-state index contributed by atoms with van der Waals surface area (Å²) in [6, 6.07) is 18.4. The first-order chi connectivity index (χ1) is 21.5. The van der Waals surface area contributed by atoms with E-state index < -0.39 is 66.2 Å². The van der Waals surface area contributed by atoms with E-state index in [-0.39, 0.29) is 18.7 Å². The molecule has 2 saturated heterocycles. The van der Waals surface area contributed by atoms with E-state index in [1.165, 1.54) is 24.1 Å². The van der Waals surface area contributed by atoms with Gasteiger partial charge in [0.2, 0.25) is 11.8 Å². The van der Waals surface area contributed by atoms with Crippen molar-refractivity contribution in [3.05, 3.63) is 113 Å². The Hall–Kier alpha value is -5.13. The number of carbonyl (C=O) groups excluding carboxylic acids is 3. The molecule has 2 fully saturated rings. The monoisotopic (exact) mass is 621 g/mol. The minimum atomic E-state index is -4.59. The Balaban J connectivity index is 1.47. The SMILES string of the molecule is CN(Cc1cccc(C(F)(F)F)c1)C(=O)[C@@H](CC(=O)O)N1C(=O)C(N2C(=O)OC[C@@H]2c2ccccc2)C1/C=C/c1ccccc1.